The minimum atomic E-state index is 0.627. The maximum Gasteiger partial charge on any atom is 0.164 e. The predicted octanol–water partition coefficient (Wildman–Crippen LogP) is 14.5. The van der Waals surface area contributed by atoms with Gasteiger partial charge in [0.05, 0.1) is 0 Å². The van der Waals surface area contributed by atoms with E-state index in [-0.39, 0.29) is 0 Å². The molecule has 0 bridgehead atoms. The first-order valence-corrected chi connectivity index (χ1v) is 19.7. The zero-order valence-corrected chi connectivity index (χ0v) is 31.5. The molecule has 10 aromatic carbocycles. The molecule has 1 aromatic heterocycles. The first-order valence-electron chi connectivity index (χ1n) is 19.7. The van der Waals surface area contributed by atoms with Gasteiger partial charge < -0.3 is 0 Å². The Balaban J connectivity index is 1.13. The molecule has 0 aliphatic carbocycles. The van der Waals surface area contributed by atoms with E-state index in [1.54, 1.807) is 0 Å². The van der Waals surface area contributed by atoms with E-state index in [0.717, 1.165) is 38.9 Å². The van der Waals surface area contributed by atoms with Crippen molar-refractivity contribution < 1.29 is 0 Å². The van der Waals surface area contributed by atoms with Gasteiger partial charge in [0.2, 0.25) is 0 Å². The third-order valence-electron chi connectivity index (χ3n) is 11.3. The molecule has 0 aliphatic rings. The van der Waals surface area contributed by atoms with Gasteiger partial charge in [-0.05, 0) is 82.5 Å². The van der Waals surface area contributed by atoms with Crippen LogP contribution < -0.4 is 0 Å². The van der Waals surface area contributed by atoms with Gasteiger partial charge >= 0.3 is 0 Å². The van der Waals surface area contributed by atoms with Gasteiger partial charge in [0.15, 0.2) is 17.5 Å². The van der Waals surface area contributed by atoms with Gasteiger partial charge in [-0.3, -0.25) is 0 Å². The largest absolute Gasteiger partial charge is 0.208 e. The minimum Gasteiger partial charge on any atom is -0.208 e. The smallest absolute Gasteiger partial charge is 0.164 e. The Bertz CT molecular complexity index is 3200. The Kier molecular flexibility index (Phi) is 8.15. The third-order valence-corrected chi connectivity index (χ3v) is 11.3. The number of rotatable bonds is 6. The molecule has 0 N–H and O–H groups in total. The zero-order chi connectivity index (χ0) is 38.4. The van der Waals surface area contributed by atoms with Crippen LogP contribution in [0, 0.1) is 0 Å². The lowest BCUT2D eigenvalue weighted by molar-refractivity contribution is 1.07. The fraction of sp³-hybridized carbons (Fsp3) is 0. The SMILES string of the molecule is c1ccc(-c2ccc(-c3nc(-c4ccc(-c5ccccc5)cc4)nc(-c4ccccc4-c4cc5c6ccccc6c6ccccc6c5c5ccccc45)n3)cc2)cc1. The van der Waals surface area contributed by atoms with Gasteiger partial charge in [-0.2, -0.15) is 0 Å². The molecule has 0 spiro atoms. The summed E-state index contributed by atoms with van der Waals surface area (Å²) in [6, 6.07) is 75.2. The van der Waals surface area contributed by atoms with Crippen molar-refractivity contribution in [3.05, 3.63) is 212 Å². The molecule has 3 nitrogen and oxygen atoms in total. The molecular weight excluding hydrogens is 703 g/mol. The van der Waals surface area contributed by atoms with Crippen LogP contribution in [-0.4, -0.2) is 15.0 Å². The van der Waals surface area contributed by atoms with Gasteiger partial charge in [0, 0.05) is 16.7 Å². The maximum absolute atomic E-state index is 5.26. The number of benzene rings is 10. The summed E-state index contributed by atoms with van der Waals surface area (Å²) in [7, 11) is 0. The van der Waals surface area contributed by atoms with Crippen LogP contribution in [0.2, 0.25) is 0 Å². The molecule has 0 fully saturated rings. The van der Waals surface area contributed by atoms with E-state index in [0.29, 0.717) is 17.5 Å². The van der Waals surface area contributed by atoms with E-state index in [4.69, 9.17) is 15.0 Å². The Labute approximate surface area is 336 Å². The molecule has 270 valence electrons. The molecule has 0 saturated carbocycles. The van der Waals surface area contributed by atoms with Crippen LogP contribution in [0.1, 0.15) is 0 Å². The molecule has 0 unspecified atom stereocenters. The average molecular weight is 738 g/mol. The molecule has 58 heavy (non-hydrogen) atoms. The molecule has 0 amide bonds. The molecule has 0 atom stereocenters. The van der Waals surface area contributed by atoms with E-state index >= 15 is 0 Å². The van der Waals surface area contributed by atoms with Crippen molar-refractivity contribution >= 4 is 43.1 Å². The number of hydrogen-bond acceptors (Lipinski definition) is 3. The second-order valence-corrected chi connectivity index (χ2v) is 14.7. The van der Waals surface area contributed by atoms with Crippen LogP contribution >= 0.6 is 0 Å². The van der Waals surface area contributed by atoms with Crippen LogP contribution in [0.25, 0.3) is 111 Å². The lowest BCUT2D eigenvalue weighted by atomic mass is 9.86. The highest BCUT2D eigenvalue weighted by Crippen LogP contribution is 2.44. The summed E-state index contributed by atoms with van der Waals surface area (Å²) in [5.74, 6) is 1.88. The highest BCUT2D eigenvalue weighted by atomic mass is 15.0. The van der Waals surface area contributed by atoms with Gasteiger partial charge in [0.1, 0.15) is 0 Å². The third kappa shape index (κ3) is 5.80. The Morgan fingerprint density at radius 2 is 0.552 bits per heavy atom. The van der Waals surface area contributed by atoms with E-state index in [9.17, 15) is 0 Å². The molecule has 0 saturated heterocycles. The van der Waals surface area contributed by atoms with Gasteiger partial charge in [-0.25, -0.2) is 15.0 Å². The van der Waals surface area contributed by atoms with E-state index in [1.165, 1.54) is 54.2 Å². The maximum atomic E-state index is 5.26. The van der Waals surface area contributed by atoms with Crippen LogP contribution in [0.4, 0.5) is 0 Å². The molecule has 11 aromatic rings. The highest BCUT2D eigenvalue weighted by Gasteiger charge is 2.20. The second kappa shape index (κ2) is 14.1. The number of nitrogens with zero attached hydrogens (tertiary/aromatic N) is 3. The van der Waals surface area contributed by atoms with Gasteiger partial charge in [0.25, 0.3) is 0 Å². The Morgan fingerprint density at radius 3 is 1.09 bits per heavy atom. The molecule has 0 aliphatic heterocycles. The van der Waals surface area contributed by atoms with Crippen LogP contribution in [0.5, 0.6) is 0 Å². The monoisotopic (exact) mass is 737 g/mol. The quantitative estimate of drug-likeness (QED) is 0.160. The number of aromatic nitrogens is 3. The molecule has 1 heterocycles. The second-order valence-electron chi connectivity index (χ2n) is 14.7. The minimum absolute atomic E-state index is 0.627. The van der Waals surface area contributed by atoms with Crippen molar-refractivity contribution in [2.75, 3.05) is 0 Å². The number of fused-ring (bicyclic) bond motifs is 8. The fourth-order valence-corrected chi connectivity index (χ4v) is 8.54. The highest BCUT2D eigenvalue weighted by molar-refractivity contribution is 6.33. The van der Waals surface area contributed by atoms with Crippen LogP contribution in [0.15, 0.2) is 212 Å². The number of hydrogen-bond donors (Lipinski definition) is 0. The summed E-state index contributed by atoms with van der Waals surface area (Å²) < 4.78 is 0. The van der Waals surface area contributed by atoms with E-state index < -0.39 is 0 Å². The van der Waals surface area contributed by atoms with Gasteiger partial charge in [-0.1, -0.05) is 206 Å². The lowest BCUT2D eigenvalue weighted by Crippen LogP contribution is -2.01. The average Bonchev–Trinajstić information content (AvgIpc) is 3.32. The molecule has 0 radical (unpaired) electrons. The van der Waals surface area contributed by atoms with Crippen molar-refractivity contribution in [1.29, 1.82) is 0 Å². The zero-order valence-electron chi connectivity index (χ0n) is 31.5. The fourth-order valence-electron chi connectivity index (χ4n) is 8.54. The summed E-state index contributed by atoms with van der Waals surface area (Å²) in [6.45, 7) is 0. The summed E-state index contributed by atoms with van der Waals surface area (Å²) in [6.07, 6.45) is 0. The first-order chi connectivity index (χ1) is 28.8. The van der Waals surface area contributed by atoms with Crippen molar-refractivity contribution in [3.8, 4) is 67.5 Å². The normalized spacial score (nSPS) is 11.4. The summed E-state index contributed by atoms with van der Waals surface area (Å²) in [5, 5.41) is 9.93. The topological polar surface area (TPSA) is 38.7 Å². The molecule has 11 rings (SSSR count). The Hall–Kier alpha value is -7.75. The molecule has 3 heteroatoms. The van der Waals surface area contributed by atoms with Crippen LogP contribution in [0.3, 0.4) is 0 Å². The summed E-state index contributed by atoms with van der Waals surface area (Å²) >= 11 is 0. The predicted molar refractivity (Wildman–Crippen MR) is 242 cm³/mol. The standard InChI is InChI=1S/C55H35N3/c1-3-15-36(16-4-1)38-27-31-40(32-28-38)53-56-54(41-33-29-39(30-34-41)37-17-5-2-6-18-37)58-55(57-53)49-26-14-11-23-46(49)50-35-51-44-21-8-7-19-42(44)43-20-9-12-24-47(43)52(51)48-25-13-10-22-45(48)50/h1-35H. The van der Waals surface area contributed by atoms with E-state index in [2.05, 4.69) is 200 Å². The van der Waals surface area contributed by atoms with Crippen molar-refractivity contribution in [1.82, 2.24) is 15.0 Å². The van der Waals surface area contributed by atoms with E-state index in [1.807, 2.05) is 12.1 Å². The van der Waals surface area contributed by atoms with Crippen molar-refractivity contribution in [2.45, 2.75) is 0 Å². The molecular formula is C55H35N3. The Morgan fingerprint density at radius 1 is 0.207 bits per heavy atom. The van der Waals surface area contributed by atoms with Crippen molar-refractivity contribution in [2.24, 2.45) is 0 Å². The lowest BCUT2D eigenvalue weighted by Gasteiger charge is -2.18. The van der Waals surface area contributed by atoms with Crippen LogP contribution in [-0.2, 0) is 0 Å². The van der Waals surface area contributed by atoms with Gasteiger partial charge in [-0.15, -0.1) is 0 Å². The summed E-state index contributed by atoms with van der Waals surface area (Å²) in [4.78, 5) is 15.7. The first kappa shape index (κ1) is 33.6. The summed E-state index contributed by atoms with van der Waals surface area (Å²) in [5.41, 5.74) is 9.64. The van der Waals surface area contributed by atoms with Crippen molar-refractivity contribution in [3.63, 3.8) is 0 Å².